The number of carbonyl (C=O) groups excluding carboxylic acids is 1. The normalized spacial score (nSPS) is 11.0. The average molecular weight is 380 g/mol. The van der Waals surface area contributed by atoms with Gasteiger partial charge in [0.1, 0.15) is 9.88 Å². The molecule has 3 rings (SSSR count). The van der Waals surface area contributed by atoms with E-state index in [1.54, 1.807) is 0 Å². The molecule has 1 aromatic heterocycles. The molecule has 1 amide bonds. The van der Waals surface area contributed by atoms with Gasteiger partial charge in [0.2, 0.25) is 0 Å². The number of nitrogens with zero attached hydrogens (tertiary/aromatic N) is 2. The number of carbonyl (C=O) groups is 1. The van der Waals surface area contributed by atoms with Crippen LogP contribution < -0.4 is 5.32 Å². The summed E-state index contributed by atoms with van der Waals surface area (Å²) in [7, 11) is 0. The molecule has 0 bridgehead atoms. The summed E-state index contributed by atoms with van der Waals surface area (Å²) >= 11 is 1.43. The Morgan fingerprint density at radius 1 is 1.07 bits per heavy atom. The van der Waals surface area contributed by atoms with Crippen molar-refractivity contribution in [3.05, 3.63) is 70.7 Å². The second-order valence-corrected chi connectivity index (χ2v) is 7.41. The van der Waals surface area contributed by atoms with E-state index in [4.69, 9.17) is 0 Å². The van der Waals surface area contributed by atoms with E-state index >= 15 is 0 Å². The average Bonchev–Trinajstić information content (AvgIpc) is 3.09. The van der Waals surface area contributed by atoms with Gasteiger partial charge in [0, 0.05) is 17.8 Å². The summed E-state index contributed by atoms with van der Waals surface area (Å²) in [5, 5.41) is 3.90. The number of rotatable bonds is 7. The van der Waals surface area contributed by atoms with Crippen molar-refractivity contribution in [3.63, 3.8) is 0 Å². The van der Waals surface area contributed by atoms with E-state index in [9.17, 15) is 4.79 Å². The van der Waals surface area contributed by atoms with E-state index in [2.05, 4.69) is 35.1 Å². The van der Waals surface area contributed by atoms with Crippen LogP contribution in [0, 0.1) is 6.92 Å². The Labute approximate surface area is 164 Å². The molecule has 0 fully saturated rings. The Kier molecular flexibility index (Phi) is 6.37. The van der Waals surface area contributed by atoms with E-state index in [-0.39, 0.29) is 5.91 Å². The number of hydrogen-bond donors (Lipinski definition) is 1. The van der Waals surface area contributed by atoms with Crippen molar-refractivity contribution in [2.75, 3.05) is 18.4 Å². The summed E-state index contributed by atoms with van der Waals surface area (Å²) in [5.74, 6) is -0.104. The monoisotopic (exact) mass is 379 g/mol. The molecule has 5 heteroatoms. The molecule has 0 unspecified atom stereocenters. The fourth-order valence-electron chi connectivity index (χ4n) is 2.95. The molecule has 1 heterocycles. The largest absolute Gasteiger partial charge is 0.321 e. The first-order chi connectivity index (χ1) is 13.1. The van der Waals surface area contributed by atoms with Gasteiger partial charge in [0.15, 0.2) is 0 Å². The zero-order valence-corrected chi connectivity index (χ0v) is 16.8. The molecule has 140 valence electrons. The van der Waals surface area contributed by atoms with Crippen molar-refractivity contribution in [1.82, 2.24) is 9.88 Å². The van der Waals surface area contributed by atoms with Gasteiger partial charge in [0.25, 0.3) is 5.91 Å². The number of aryl methyl sites for hydroxylation is 1. The van der Waals surface area contributed by atoms with Gasteiger partial charge in [-0.1, -0.05) is 56.3 Å². The fourth-order valence-corrected chi connectivity index (χ4v) is 3.92. The predicted octanol–water partition coefficient (Wildman–Crippen LogP) is 5.21. The smallest absolute Gasteiger partial charge is 0.267 e. The number of anilines is 1. The number of thiazole rings is 1. The second-order valence-electron chi connectivity index (χ2n) is 6.42. The van der Waals surface area contributed by atoms with Gasteiger partial charge < -0.3 is 5.32 Å². The Morgan fingerprint density at radius 3 is 2.52 bits per heavy atom. The van der Waals surface area contributed by atoms with Crippen LogP contribution in [0.1, 0.15) is 34.8 Å². The van der Waals surface area contributed by atoms with Crippen LogP contribution in [0.5, 0.6) is 0 Å². The van der Waals surface area contributed by atoms with E-state index < -0.39 is 0 Å². The lowest BCUT2D eigenvalue weighted by molar-refractivity contribution is 0.103. The van der Waals surface area contributed by atoms with Gasteiger partial charge >= 0.3 is 0 Å². The van der Waals surface area contributed by atoms with Crippen LogP contribution in [0.15, 0.2) is 54.6 Å². The van der Waals surface area contributed by atoms with Crippen molar-refractivity contribution in [3.8, 4) is 10.6 Å². The minimum Gasteiger partial charge on any atom is -0.321 e. The molecule has 0 radical (unpaired) electrons. The van der Waals surface area contributed by atoms with Crippen LogP contribution >= 0.6 is 11.3 Å². The molecule has 3 aromatic rings. The van der Waals surface area contributed by atoms with Gasteiger partial charge in [0.05, 0.1) is 5.69 Å². The summed E-state index contributed by atoms with van der Waals surface area (Å²) in [6.07, 6.45) is 0. The summed E-state index contributed by atoms with van der Waals surface area (Å²) in [6.45, 7) is 9.10. The summed E-state index contributed by atoms with van der Waals surface area (Å²) in [6, 6.07) is 18.0. The van der Waals surface area contributed by atoms with Crippen molar-refractivity contribution in [2.45, 2.75) is 27.3 Å². The standard InChI is InChI=1S/C22H25N3OS/c1-4-25(5-2)15-17-10-9-13-19(14-17)24-21(26)20-16(3)23-22(27-20)18-11-7-6-8-12-18/h6-14H,4-5,15H2,1-3H3,(H,24,26). The fraction of sp³-hybridized carbons (Fsp3) is 0.273. The minimum absolute atomic E-state index is 0.104. The molecule has 27 heavy (non-hydrogen) atoms. The minimum atomic E-state index is -0.104. The lowest BCUT2D eigenvalue weighted by atomic mass is 10.2. The first kappa shape index (κ1) is 19.3. The van der Waals surface area contributed by atoms with Crippen molar-refractivity contribution < 1.29 is 4.79 Å². The number of benzene rings is 2. The SMILES string of the molecule is CCN(CC)Cc1cccc(NC(=O)c2sc(-c3ccccc3)nc2C)c1. The third-order valence-corrected chi connectivity index (χ3v) is 5.71. The number of nitrogens with one attached hydrogen (secondary N) is 1. The van der Waals surface area contributed by atoms with Crippen LogP contribution in [0.2, 0.25) is 0 Å². The van der Waals surface area contributed by atoms with Crippen LogP contribution in [0.25, 0.3) is 10.6 Å². The van der Waals surface area contributed by atoms with E-state index in [0.29, 0.717) is 4.88 Å². The van der Waals surface area contributed by atoms with Gasteiger partial charge in [-0.05, 0) is 37.7 Å². The highest BCUT2D eigenvalue weighted by Crippen LogP contribution is 2.28. The highest BCUT2D eigenvalue weighted by atomic mass is 32.1. The molecule has 4 nitrogen and oxygen atoms in total. The maximum atomic E-state index is 12.8. The van der Waals surface area contributed by atoms with Gasteiger partial charge in [-0.2, -0.15) is 0 Å². The van der Waals surface area contributed by atoms with E-state index in [1.807, 2.05) is 55.5 Å². The lowest BCUT2D eigenvalue weighted by Gasteiger charge is -2.18. The number of amides is 1. The van der Waals surface area contributed by atoms with Gasteiger partial charge in [-0.3, -0.25) is 9.69 Å². The van der Waals surface area contributed by atoms with Crippen LogP contribution in [0.3, 0.4) is 0 Å². The first-order valence-corrected chi connectivity index (χ1v) is 10.1. The molecule has 0 saturated heterocycles. The molecule has 2 aromatic carbocycles. The maximum absolute atomic E-state index is 12.8. The van der Waals surface area contributed by atoms with Crippen LogP contribution in [-0.4, -0.2) is 28.9 Å². The van der Waals surface area contributed by atoms with Gasteiger partial charge in [-0.15, -0.1) is 11.3 Å². The molecule has 0 saturated carbocycles. The van der Waals surface area contributed by atoms with Crippen molar-refractivity contribution in [2.24, 2.45) is 0 Å². The molecule has 0 spiro atoms. The molecule has 0 aliphatic heterocycles. The number of hydrogen-bond acceptors (Lipinski definition) is 4. The summed E-state index contributed by atoms with van der Waals surface area (Å²) in [5.41, 5.74) is 3.81. The van der Waals surface area contributed by atoms with Crippen molar-refractivity contribution in [1.29, 1.82) is 0 Å². The maximum Gasteiger partial charge on any atom is 0.267 e. The molecular weight excluding hydrogens is 354 g/mol. The zero-order valence-electron chi connectivity index (χ0n) is 16.0. The zero-order chi connectivity index (χ0) is 19.2. The Bertz CT molecular complexity index is 901. The highest BCUT2D eigenvalue weighted by Gasteiger charge is 2.16. The lowest BCUT2D eigenvalue weighted by Crippen LogP contribution is -2.22. The Hall–Kier alpha value is -2.50. The van der Waals surface area contributed by atoms with E-state index in [0.717, 1.165) is 41.6 Å². The second kappa shape index (κ2) is 8.93. The molecule has 1 N–H and O–H groups in total. The summed E-state index contributed by atoms with van der Waals surface area (Å²) < 4.78 is 0. The third kappa shape index (κ3) is 4.81. The Morgan fingerprint density at radius 2 is 1.81 bits per heavy atom. The van der Waals surface area contributed by atoms with E-state index in [1.165, 1.54) is 16.9 Å². The molecule has 0 atom stereocenters. The summed E-state index contributed by atoms with van der Waals surface area (Å²) in [4.78, 5) is 20.4. The number of aromatic nitrogens is 1. The first-order valence-electron chi connectivity index (χ1n) is 9.26. The third-order valence-electron chi connectivity index (χ3n) is 4.51. The Balaban J connectivity index is 1.75. The van der Waals surface area contributed by atoms with Crippen molar-refractivity contribution >= 4 is 22.9 Å². The van der Waals surface area contributed by atoms with Crippen LogP contribution in [0.4, 0.5) is 5.69 Å². The van der Waals surface area contributed by atoms with Crippen LogP contribution in [-0.2, 0) is 6.54 Å². The molecule has 0 aliphatic rings. The molecule has 0 aliphatic carbocycles. The molecular formula is C22H25N3OS. The quantitative estimate of drug-likeness (QED) is 0.613. The van der Waals surface area contributed by atoms with Gasteiger partial charge in [-0.25, -0.2) is 4.98 Å². The topological polar surface area (TPSA) is 45.2 Å². The highest BCUT2D eigenvalue weighted by molar-refractivity contribution is 7.17. The predicted molar refractivity (Wildman–Crippen MR) is 113 cm³/mol.